The Balaban J connectivity index is 2.72. The highest BCUT2D eigenvalue weighted by atomic mass is 16.5. The monoisotopic (exact) mass is 309 g/mol. The molecule has 1 rings (SSSR count). The Kier molecular flexibility index (Phi) is 7.18. The Morgan fingerprint density at radius 3 is 2.59 bits per heavy atom. The Bertz CT molecular complexity index is 486. The van der Waals surface area contributed by atoms with Gasteiger partial charge in [-0.15, -0.1) is 0 Å². The molecule has 1 aromatic rings. The zero-order chi connectivity index (χ0) is 16.6. The van der Waals surface area contributed by atoms with Crippen molar-refractivity contribution in [1.82, 2.24) is 5.32 Å². The van der Waals surface area contributed by atoms with E-state index in [2.05, 4.69) is 35.2 Å². The molecule has 0 aliphatic rings. The summed E-state index contributed by atoms with van der Waals surface area (Å²) in [6.07, 6.45) is 1.67. The Morgan fingerprint density at radius 1 is 1.27 bits per heavy atom. The topological polar surface area (TPSA) is 56.8 Å². The van der Waals surface area contributed by atoms with Gasteiger partial charge in [0.1, 0.15) is 5.75 Å². The highest BCUT2D eigenvalue weighted by molar-refractivity contribution is 5.66. The molecule has 0 atom stereocenters. The van der Waals surface area contributed by atoms with Gasteiger partial charge in [0.15, 0.2) is 0 Å². The Hall–Kier alpha value is -1.75. The summed E-state index contributed by atoms with van der Waals surface area (Å²) in [5.74, 6) is 0.830. The number of benzene rings is 1. The summed E-state index contributed by atoms with van der Waals surface area (Å²) >= 11 is 0. The van der Waals surface area contributed by atoms with Crippen LogP contribution in [0.2, 0.25) is 0 Å². The average Bonchev–Trinajstić information content (AvgIpc) is 2.51. The molecule has 0 aliphatic carbocycles. The van der Waals surface area contributed by atoms with Gasteiger partial charge in [0.2, 0.25) is 0 Å². The number of amides is 1. The van der Waals surface area contributed by atoms with Gasteiger partial charge in [0.25, 0.3) is 0 Å². The van der Waals surface area contributed by atoms with Crippen molar-refractivity contribution in [1.29, 1.82) is 0 Å². The minimum Gasteiger partial charge on any atom is -0.496 e. The summed E-state index contributed by atoms with van der Waals surface area (Å²) in [6, 6.07) is 6.23. The van der Waals surface area contributed by atoms with Crippen LogP contribution in [-0.4, -0.2) is 33.5 Å². The second-order valence-electron chi connectivity index (χ2n) is 5.56. The minimum atomic E-state index is -0.506. The highest BCUT2D eigenvalue weighted by Crippen LogP contribution is 2.33. The van der Waals surface area contributed by atoms with Crippen molar-refractivity contribution < 1.29 is 19.0 Å². The summed E-state index contributed by atoms with van der Waals surface area (Å²) < 4.78 is 15.9. The molecule has 0 saturated carbocycles. The van der Waals surface area contributed by atoms with E-state index in [0.717, 1.165) is 24.2 Å². The quantitative estimate of drug-likeness (QED) is 0.749. The molecule has 1 amide bonds. The third kappa shape index (κ3) is 5.22. The summed E-state index contributed by atoms with van der Waals surface area (Å²) in [5, 5.41) is 2.59. The highest BCUT2D eigenvalue weighted by Gasteiger charge is 2.25. The molecule has 0 radical (unpaired) electrons. The van der Waals surface area contributed by atoms with E-state index < -0.39 is 11.7 Å². The predicted molar refractivity (Wildman–Crippen MR) is 86.4 cm³/mol. The fraction of sp³-hybridized carbons (Fsp3) is 0.588. The van der Waals surface area contributed by atoms with Gasteiger partial charge in [0, 0.05) is 12.1 Å². The van der Waals surface area contributed by atoms with Crippen LogP contribution in [0.5, 0.6) is 5.75 Å². The van der Waals surface area contributed by atoms with E-state index in [-0.39, 0.29) is 0 Å². The molecular formula is C17H27NO4. The molecule has 0 unspecified atom stereocenters. The lowest BCUT2D eigenvalue weighted by molar-refractivity contribution is -0.0209. The first kappa shape index (κ1) is 18.3. The lowest BCUT2D eigenvalue weighted by Crippen LogP contribution is -2.31. The van der Waals surface area contributed by atoms with Crippen LogP contribution in [0.3, 0.4) is 0 Å². The molecule has 0 aromatic heterocycles. The van der Waals surface area contributed by atoms with Crippen molar-refractivity contribution in [2.45, 2.75) is 39.2 Å². The lowest BCUT2D eigenvalue weighted by Gasteiger charge is -2.28. The van der Waals surface area contributed by atoms with Crippen LogP contribution in [-0.2, 0) is 21.5 Å². The number of aryl methyl sites for hydroxylation is 1. The fourth-order valence-electron chi connectivity index (χ4n) is 2.29. The third-order valence-electron chi connectivity index (χ3n) is 3.47. The van der Waals surface area contributed by atoms with Crippen molar-refractivity contribution in [3.05, 3.63) is 29.3 Å². The van der Waals surface area contributed by atoms with Gasteiger partial charge in [0.05, 0.1) is 26.4 Å². The summed E-state index contributed by atoms with van der Waals surface area (Å²) in [7, 11) is 3.01. The van der Waals surface area contributed by atoms with Crippen LogP contribution in [0.4, 0.5) is 4.79 Å². The minimum absolute atomic E-state index is 0.391. The van der Waals surface area contributed by atoms with Gasteiger partial charge in [-0.25, -0.2) is 4.79 Å². The number of methoxy groups -OCH3 is 2. The first-order valence-electron chi connectivity index (χ1n) is 7.57. The molecule has 1 N–H and O–H groups in total. The summed E-state index contributed by atoms with van der Waals surface area (Å²) in [4.78, 5) is 11.0. The van der Waals surface area contributed by atoms with Gasteiger partial charge >= 0.3 is 6.09 Å². The van der Waals surface area contributed by atoms with Gasteiger partial charge in [-0.1, -0.05) is 25.5 Å². The predicted octanol–water partition coefficient (Wildman–Crippen LogP) is 3.26. The second kappa shape index (κ2) is 8.63. The van der Waals surface area contributed by atoms with Crippen LogP contribution in [0.15, 0.2) is 18.2 Å². The maximum absolute atomic E-state index is 11.0. The zero-order valence-electron chi connectivity index (χ0n) is 14.2. The van der Waals surface area contributed by atoms with Crippen LogP contribution in [0.1, 0.15) is 38.3 Å². The molecule has 0 spiro atoms. The molecule has 5 nitrogen and oxygen atoms in total. The molecule has 0 aliphatic heterocycles. The van der Waals surface area contributed by atoms with Crippen molar-refractivity contribution >= 4 is 6.09 Å². The van der Waals surface area contributed by atoms with Gasteiger partial charge < -0.3 is 19.5 Å². The lowest BCUT2D eigenvalue weighted by atomic mass is 9.94. The van der Waals surface area contributed by atoms with Gasteiger partial charge in [-0.2, -0.15) is 0 Å². The number of carbonyl (C=O) groups is 1. The van der Waals surface area contributed by atoms with E-state index in [4.69, 9.17) is 9.47 Å². The molecule has 5 heteroatoms. The second-order valence-corrected chi connectivity index (χ2v) is 5.56. The average molecular weight is 309 g/mol. The van der Waals surface area contributed by atoms with E-state index >= 15 is 0 Å². The molecule has 1 aromatic carbocycles. The van der Waals surface area contributed by atoms with Crippen molar-refractivity contribution in [3.8, 4) is 5.75 Å². The normalized spacial score (nSPS) is 11.1. The van der Waals surface area contributed by atoms with Crippen molar-refractivity contribution in [2.24, 2.45) is 0 Å². The first-order chi connectivity index (χ1) is 10.4. The molecule has 22 heavy (non-hydrogen) atoms. The van der Waals surface area contributed by atoms with Crippen LogP contribution >= 0.6 is 0 Å². The first-order valence-corrected chi connectivity index (χ1v) is 7.57. The molecule has 0 heterocycles. The van der Waals surface area contributed by atoms with E-state index in [1.165, 1.54) is 12.7 Å². The fourth-order valence-corrected chi connectivity index (χ4v) is 2.29. The number of hydrogen-bond donors (Lipinski definition) is 1. The molecular weight excluding hydrogens is 282 g/mol. The van der Waals surface area contributed by atoms with E-state index in [9.17, 15) is 4.79 Å². The Morgan fingerprint density at radius 2 is 2.00 bits per heavy atom. The molecule has 0 bridgehead atoms. The number of alkyl carbamates (subject to hydrolysis) is 1. The summed E-state index contributed by atoms with van der Waals surface area (Å²) in [5.41, 5.74) is 1.74. The van der Waals surface area contributed by atoms with Crippen molar-refractivity contribution in [3.63, 3.8) is 0 Å². The number of nitrogens with one attached hydrogen (secondary N) is 1. The van der Waals surface area contributed by atoms with E-state index in [1.807, 2.05) is 13.8 Å². The van der Waals surface area contributed by atoms with E-state index in [1.54, 1.807) is 7.11 Å². The maximum Gasteiger partial charge on any atom is 0.406 e. The van der Waals surface area contributed by atoms with E-state index in [0.29, 0.717) is 13.2 Å². The molecule has 0 saturated heterocycles. The number of carbonyl (C=O) groups excluding carboxylic acids is 1. The third-order valence-corrected chi connectivity index (χ3v) is 3.47. The van der Waals surface area contributed by atoms with Gasteiger partial charge in [-0.05, 0) is 31.9 Å². The SMILES string of the molecule is CCCc1ccc(C(C)(C)OCCNC(=O)OC)c(OC)c1. The smallest absolute Gasteiger partial charge is 0.406 e. The van der Waals surface area contributed by atoms with Crippen LogP contribution in [0.25, 0.3) is 0 Å². The Labute approximate surface area is 132 Å². The molecule has 0 fully saturated rings. The number of hydrogen-bond acceptors (Lipinski definition) is 4. The van der Waals surface area contributed by atoms with Crippen molar-refractivity contribution in [2.75, 3.05) is 27.4 Å². The summed E-state index contributed by atoms with van der Waals surface area (Å²) in [6.45, 7) is 6.92. The van der Waals surface area contributed by atoms with Gasteiger partial charge in [-0.3, -0.25) is 0 Å². The molecule has 124 valence electrons. The maximum atomic E-state index is 11.0. The van der Waals surface area contributed by atoms with Crippen LogP contribution < -0.4 is 10.1 Å². The van der Waals surface area contributed by atoms with Crippen LogP contribution in [0, 0.1) is 0 Å². The largest absolute Gasteiger partial charge is 0.496 e. The number of ether oxygens (including phenoxy) is 3. The standard InChI is InChI=1S/C17H27NO4/c1-6-7-13-8-9-14(15(12-13)20-4)17(2,3)22-11-10-18-16(19)21-5/h8-9,12H,6-7,10-11H2,1-5H3,(H,18,19). The zero-order valence-corrected chi connectivity index (χ0v) is 14.2. The number of rotatable bonds is 8.